The number of hydrogen-bond donors (Lipinski definition) is 2. The molecule has 1 aliphatic heterocycles. The van der Waals surface area contributed by atoms with Crippen molar-refractivity contribution < 1.29 is 4.79 Å². The minimum Gasteiger partial charge on any atom is -0.350 e. The average Bonchev–Trinajstić information content (AvgIpc) is 3.12. The Morgan fingerprint density at radius 3 is 3.30 bits per heavy atom. The molecule has 6 heteroatoms. The summed E-state index contributed by atoms with van der Waals surface area (Å²) in [6.45, 7) is 3.69. The van der Waals surface area contributed by atoms with E-state index >= 15 is 0 Å². The number of nitrogens with one attached hydrogen (secondary N) is 2. The summed E-state index contributed by atoms with van der Waals surface area (Å²) in [7, 11) is 0. The van der Waals surface area contributed by atoms with Crippen LogP contribution in [0.1, 0.15) is 35.4 Å². The molecule has 0 saturated heterocycles. The Balaban J connectivity index is 1.54. The molecule has 0 aliphatic carbocycles. The molecule has 0 bridgehead atoms. The van der Waals surface area contributed by atoms with E-state index in [1.807, 2.05) is 25.4 Å². The van der Waals surface area contributed by atoms with Crippen molar-refractivity contribution in [1.82, 2.24) is 25.1 Å². The van der Waals surface area contributed by atoms with Crippen molar-refractivity contribution in [2.24, 2.45) is 5.92 Å². The van der Waals surface area contributed by atoms with Crippen molar-refractivity contribution in [3.8, 4) is 0 Å². The number of nitrogens with zero attached hydrogens (tertiary/aromatic N) is 3. The van der Waals surface area contributed by atoms with E-state index in [9.17, 15) is 4.79 Å². The van der Waals surface area contributed by atoms with Gasteiger partial charge in [-0.15, -0.1) is 0 Å². The second-order valence-electron chi connectivity index (χ2n) is 5.24. The topological polar surface area (TPSA) is 75.6 Å². The van der Waals surface area contributed by atoms with Gasteiger partial charge in [0, 0.05) is 37.6 Å². The summed E-state index contributed by atoms with van der Waals surface area (Å²) < 4.78 is 2.18. The van der Waals surface area contributed by atoms with E-state index in [0.717, 1.165) is 37.3 Å². The maximum Gasteiger partial charge on any atom is 0.271 e. The minimum atomic E-state index is -0.102. The second-order valence-corrected chi connectivity index (χ2v) is 5.24. The maximum atomic E-state index is 12.0. The van der Waals surface area contributed by atoms with Crippen LogP contribution in [0.2, 0.25) is 0 Å². The summed E-state index contributed by atoms with van der Waals surface area (Å²) >= 11 is 0. The summed E-state index contributed by atoms with van der Waals surface area (Å²) in [4.78, 5) is 16.3. The lowest BCUT2D eigenvalue weighted by atomic mass is 9.98. The van der Waals surface area contributed by atoms with E-state index in [-0.39, 0.29) is 5.91 Å². The Labute approximate surface area is 117 Å². The normalized spacial score (nSPS) is 17.8. The SMILES string of the molecule is CCc1cc(C(=O)NC[C@H]2CCn3ccnc3C2)n[nH]1. The molecule has 1 atom stereocenters. The standard InChI is InChI=1S/C14H19N5O/c1-2-11-8-12(18-17-11)14(20)16-9-10-3-5-19-6-4-15-13(19)7-10/h4,6,8,10H,2-3,5,7,9H2,1H3,(H,16,20)(H,17,18)/t10-/m0/s1. The fourth-order valence-corrected chi connectivity index (χ4v) is 2.58. The van der Waals surface area contributed by atoms with Crippen molar-refractivity contribution in [2.75, 3.05) is 6.54 Å². The highest BCUT2D eigenvalue weighted by molar-refractivity contribution is 5.92. The highest BCUT2D eigenvalue weighted by Crippen LogP contribution is 2.18. The predicted molar refractivity (Wildman–Crippen MR) is 74.3 cm³/mol. The fraction of sp³-hybridized carbons (Fsp3) is 0.500. The van der Waals surface area contributed by atoms with Gasteiger partial charge in [0.25, 0.3) is 5.91 Å². The summed E-state index contributed by atoms with van der Waals surface area (Å²) in [5.41, 5.74) is 1.45. The monoisotopic (exact) mass is 273 g/mol. The van der Waals surface area contributed by atoms with Gasteiger partial charge < -0.3 is 9.88 Å². The number of aromatic amines is 1. The van der Waals surface area contributed by atoms with Crippen molar-refractivity contribution in [2.45, 2.75) is 32.7 Å². The smallest absolute Gasteiger partial charge is 0.271 e. The zero-order valence-corrected chi connectivity index (χ0v) is 11.6. The molecule has 0 unspecified atom stereocenters. The van der Waals surface area contributed by atoms with Crippen LogP contribution in [0.3, 0.4) is 0 Å². The summed E-state index contributed by atoms with van der Waals surface area (Å²) in [6, 6.07) is 1.81. The largest absolute Gasteiger partial charge is 0.350 e. The fourth-order valence-electron chi connectivity index (χ4n) is 2.58. The van der Waals surface area contributed by atoms with Gasteiger partial charge in [-0.05, 0) is 24.8 Å². The molecule has 3 heterocycles. The number of imidazole rings is 1. The Kier molecular flexibility index (Phi) is 3.54. The highest BCUT2D eigenvalue weighted by Gasteiger charge is 2.20. The molecule has 1 aliphatic rings. The van der Waals surface area contributed by atoms with Crippen LogP contribution < -0.4 is 5.32 Å². The lowest BCUT2D eigenvalue weighted by Crippen LogP contribution is -2.33. The van der Waals surface area contributed by atoms with Gasteiger partial charge in [-0.25, -0.2) is 4.98 Å². The van der Waals surface area contributed by atoms with E-state index in [0.29, 0.717) is 18.2 Å². The molecule has 20 heavy (non-hydrogen) atoms. The molecular weight excluding hydrogens is 254 g/mol. The molecular formula is C14H19N5O. The van der Waals surface area contributed by atoms with Crippen LogP contribution in [0.15, 0.2) is 18.5 Å². The number of H-pyrrole nitrogens is 1. The molecule has 0 aromatic carbocycles. The average molecular weight is 273 g/mol. The number of amides is 1. The molecule has 6 nitrogen and oxygen atoms in total. The third-order valence-electron chi connectivity index (χ3n) is 3.85. The van der Waals surface area contributed by atoms with E-state index in [2.05, 4.69) is 25.1 Å². The Morgan fingerprint density at radius 1 is 1.60 bits per heavy atom. The quantitative estimate of drug-likeness (QED) is 0.877. The lowest BCUT2D eigenvalue weighted by molar-refractivity contribution is 0.0939. The van der Waals surface area contributed by atoms with Crippen molar-refractivity contribution in [3.05, 3.63) is 35.7 Å². The molecule has 106 valence electrons. The first kappa shape index (κ1) is 12.9. The number of fused-ring (bicyclic) bond motifs is 1. The van der Waals surface area contributed by atoms with Crippen LogP contribution in [0.25, 0.3) is 0 Å². The number of aryl methyl sites for hydroxylation is 2. The number of hydrogen-bond acceptors (Lipinski definition) is 3. The number of rotatable bonds is 4. The van der Waals surface area contributed by atoms with Gasteiger partial charge in [0.2, 0.25) is 0 Å². The molecule has 3 rings (SSSR count). The summed E-state index contributed by atoms with van der Waals surface area (Å²) in [6.07, 6.45) is 6.70. The summed E-state index contributed by atoms with van der Waals surface area (Å²) in [5, 5.41) is 9.86. The third kappa shape index (κ3) is 2.59. The second kappa shape index (κ2) is 5.48. The van der Waals surface area contributed by atoms with Crippen LogP contribution in [0, 0.1) is 5.92 Å². The van der Waals surface area contributed by atoms with Gasteiger partial charge in [-0.1, -0.05) is 6.92 Å². The zero-order chi connectivity index (χ0) is 13.9. The minimum absolute atomic E-state index is 0.102. The molecule has 0 spiro atoms. The molecule has 1 amide bonds. The Morgan fingerprint density at radius 2 is 2.50 bits per heavy atom. The van der Waals surface area contributed by atoms with Gasteiger partial charge in [0.15, 0.2) is 0 Å². The summed E-state index contributed by atoms with van der Waals surface area (Å²) in [5.74, 6) is 1.47. The van der Waals surface area contributed by atoms with Gasteiger partial charge >= 0.3 is 0 Å². The van der Waals surface area contributed by atoms with E-state index in [1.54, 1.807) is 0 Å². The molecule has 2 N–H and O–H groups in total. The van der Waals surface area contributed by atoms with Gasteiger partial charge in [0.05, 0.1) is 0 Å². The van der Waals surface area contributed by atoms with Crippen molar-refractivity contribution >= 4 is 5.91 Å². The van der Waals surface area contributed by atoms with E-state index in [1.165, 1.54) is 0 Å². The van der Waals surface area contributed by atoms with Crippen LogP contribution in [0.4, 0.5) is 0 Å². The lowest BCUT2D eigenvalue weighted by Gasteiger charge is -2.23. The molecule has 0 radical (unpaired) electrons. The first-order chi connectivity index (χ1) is 9.76. The van der Waals surface area contributed by atoms with Crippen LogP contribution in [-0.4, -0.2) is 32.2 Å². The van der Waals surface area contributed by atoms with Crippen molar-refractivity contribution in [3.63, 3.8) is 0 Å². The maximum absolute atomic E-state index is 12.0. The van der Waals surface area contributed by atoms with Crippen LogP contribution >= 0.6 is 0 Å². The molecule has 0 fully saturated rings. The van der Waals surface area contributed by atoms with E-state index in [4.69, 9.17) is 0 Å². The molecule has 2 aromatic rings. The molecule has 0 saturated carbocycles. The van der Waals surface area contributed by atoms with Gasteiger partial charge in [0.1, 0.15) is 11.5 Å². The van der Waals surface area contributed by atoms with Crippen LogP contribution in [0.5, 0.6) is 0 Å². The molecule has 2 aromatic heterocycles. The first-order valence-corrected chi connectivity index (χ1v) is 7.08. The Bertz CT molecular complexity index is 600. The van der Waals surface area contributed by atoms with Gasteiger partial charge in [-0.2, -0.15) is 5.10 Å². The number of carbonyl (C=O) groups is 1. The van der Waals surface area contributed by atoms with E-state index < -0.39 is 0 Å². The number of carbonyl (C=O) groups excluding carboxylic acids is 1. The number of aromatic nitrogens is 4. The zero-order valence-electron chi connectivity index (χ0n) is 11.6. The third-order valence-corrected chi connectivity index (χ3v) is 3.85. The van der Waals surface area contributed by atoms with Crippen molar-refractivity contribution in [1.29, 1.82) is 0 Å². The van der Waals surface area contributed by atoms with Crippen LogP contribution in [-0.2, 0) is 19.4 Å². The predicted octanol–water partition coefficient (Wildman–Crippen LogP) is 1.16. The first-order valence-electron chi connectivity index (χ1n) is 7.08. The van der Waals surface area contributed by atoms with Gasteiger partial charge in [-0.3, -0.25) is 9.89 Å². The Hall–Kier alpha value is -2.11. The highest BCUT2D eigenvalue weighted by atomic mass is 16.1.